The van der Waals surface area contributed by atoms with Gasteiger partial charge in [-0.3, -0.25) is 9.59 Å². The van der Waals surface area contributed by atoms with E-state index in [4.69, 9.17) is 0 Å². The molecule has 0 aromatic carbocycles. The molecule has 0 aromatic rings. The fourth-order valence-electron chi connectivity index (χ4n) is 2.96. The number of hydrogen-bond donors (Lipinski definition) is 1. The van der Waals surface area contributed by atoms with Gasteiger partial charge in [-0.1, -0.05) is 40.5 Å². The van der Waals surface area contributed by atoms with Crippen LogP contribution in [-0.4, -0.2) is 35.3 Å². The maximum absolute atomic E-state index is 12.7. The highest BCUT2D eigenvalue weighted by Gasteiger charge is 2.48. The number of carbonyl (C=O) groups is 2. The molecule has 1 aliphatic carbocycles. The Morgan fingerprint density at radius 2 is 1.85 bits per heavy atom. The standard InChI is InChI=1S/C16H28N2O2/c1-5-10(3)9-18-14(11(4)6-2)15(19)17-13(16(18)20)12-7-8-12/h10-14H,5-9H2,1-4H3,(H,17,19). The minimum atomic E-state index is -0.281. The van der Waals surface area contributed by atoms with Gasteiger partial charge in [-0.2, -0.15) is 0 Å². The third-order valence-corrected chi connectivity index (χ3v) is 4.93. The molecule has 1 saturated heterocycles. The normalized spacial score (nSPS) is 30.1. The van der Waals surface area contributed by atoms with Gasteiger partial charge in [-0.25, -0.2) is 0 Å². The van der Waals surface area contributed by atoms with E-state index < -0.39 is 0 Å². The zero-order chi connectivity index (χ0) is 14.9. The van der Waals surface area contributed by atoms with Crippen molar-refractivity contribution in [3.63, 3.8) is 0 Å². The maximum atomic E-state index is 12.7. The molecule has 1 heterocycles. The summed E-state index contributed by atoms with van der Waals surface area (Å²) in [7, 11) is 0. The fourth-order valence-corrected chi connectivity index (χ4v) is 2.96. The molecule has 0 spiro atoms. The van der Waals surface area contributed by atoms with E-state index >= 15 is 0 Å². The zero-order valence-corrected chi connectivity index (χ0v) is 13.2. The molecule has 2 amide bonds. The molecule has 2 aliphatic rings. The van der Waals surface area contributed by atoms with Gasteiger partial charge in [0.05, 0.1) is 0 Å². The van der Waals surface area contributed by atoms with Crippen molar-refractivity contribution in [2.24, 2.45) is 17.8 Å². The van der Waals surface area contributed by atoms with E-state index in [9.17, 15) is 9.59 Å². The van der Waals surface area contributed by atoms with Gasteiger partial charge >= 0.3 is 0 Å². The highest BCUT2D eigenvalue weighted by molar-refractivity contribution is 5.97. The first-order valence-corrected chi connectivity index (χ1v) is 8.10. The molecule has 4 unspecified atom stereocenters. The summed E-state index contributed by atoms with van der Waals surface area (Å²) >= 11 is 0. The Labute approximate surface area is 122 Å². The lowest BCUT2D eigenvalue weighted by molar-refractivity contribution is -0.152. The monoisotopic (exact) mass is 280 g/mol. The summed E-state index contributed by atoms with van der Waals surface area (Å²) < 4.78 is 0. The molecule has 1 aliphatic heterocycles. The summed E-state index contributed by atoms with van der Waals surface area (Å²) in [5, 5.41) is 2.98. The first-order chi connectivity index (χ1) is 9.49. The minimum absolute atomic E-state index is 0.0548. The number of piperazine rings is 1. The van der Waals surface area contributed by atoms with Crippen molar-refractivity contribution in [3.8, 4) is 0 Å². The van der Waals surface area contributed by atoms with Crippen LogP contribution in [0.1, 0.15) is 53.4 Å². The van der Waals surface area contributed by atoms with Crippen LogP contribution in [-0.2, 0) is 9.59 Å². The lowest BCUT2D eigenvalue weighted by Crippen LogP contribution is -2.66. The Balaban J connectivity index is 2.20. The van der Waals surface area contributed by atoms with E-state index in [0.717, 1.165) is 25.7 Å². The second-order valence-electron chi connectivity index (χ2n) is 6.66. The molecular formula is C16H28N2O2. The molecule has 0 radical (unpaired) electrons. The van der Waals surface area contributed by atoms with Gasteiger partial charge in [0.25, 0.3) is 0 Å². The molecule has 4 heteroatoms. The summed E-state index contributed by atoms with van der Waals surface area (Å²) in [6.45, 7) is 9.14. The van der Waals surface area contributed by atoms with Gasteiger partial charge in [0.1, 0.15) is 12.1 Å². The molecule has 1 N–H and O–H groups in total. The van der Waals surface area contributed by atoms with E-state index in [-0.39, 0.29) is 29.8 Å². The van der Waals surface area contributed by atoms with Crippen LogP contribution in [0.5, 0.6) is 0 Å². The summed E-state index contributed by atoms with van der Waals surface area (Å²) in [6, 6.07) is -0.539. The van der Waals surface area contributed by atoms with Crippen molar-refractivity contribution < 1.29 is 9.59 Å². The SMILES string of the molecule is CCC(C)CN1C(=O)C(C2CC2)NC(=O)C1C(C)CC. The molecule has 2 rings (SSSR count). The van der Waals surface area contributed by atoms with Crippen LogP contribution in [0.4, 0.5) is 0 Å². The number of nitrogens with zero attached hydrogens (tertiary/aromatic N) is 1. The molecule has 2 fully saturated rings. The lowest BCUT2D eigenvalue weighted by atomic mass is 9.91. The third-order valence-electron chi connectivity index (χ3n) is 4.93. The van der Waals surface area contributed by atoms with Crippen molar-refractivity contribution in [1.82, 2.24) is 10.2 Å². The van der Waals surface area contributed by atoms with Crippen LogP contribution in [0.25, 0.3) is 0 Å². The maximum Gasteiger partial charge on any atom is 0.246 e. The van der Waals surface area contributed by atoms with Crippen molar-refractivity contribution in [3.05, 3.63) is 0 Å². The summed E-state index contributed by atoms with van der Waals surface area (Å²) in [6.07, 6.45) is 4.09. The van der Waals surface area contributed by atoms with Crippen molar-refractivity contribution in [2.75, 3.05) is 6.54 Å². The number of rotatable bonds is 6. The zero-order valence-electron chi connectivity index (χ0n) is 13.2. The van der Waals surface area contributed by atoms with Crippen LogP contribution < -0.4 is 5.32 Å². The van der Waals surface area contributed by atoms with E-state index in [1.807, 2.05) is 4.90 Å². The third kappa shape index (κ3) is 2.99. The van der Waals surface area contributed by atoms with Gasteiger partial charge in [0.15, 0.2) is 0 Å². The molecular weight excluding hydrogens is 252 g/mol. The summed E-state index contributed by atoms with van der Waals surface area (Å²) in [4.78, 5) is 27.1. The molecule has 4 atom stereocenters. The predicted molar refractivity (Wildman–Crippen MR) is 79.1 cm³/mol. The van der Waals surface area contributed by atoms with Crippen LogP contribution in [0, 0.1) is 17.8 Å². The van der Waals surface area contributed by atoms with Crippen LogP contribution in [0.15, 0.2) is 0 Å². The minimum Gasteiger partial charge on any atom is -0.342 e. The summed E-state index contributed by atoms with van der Waals surface area (Å²) in [5.41, 5.74) is 0. The van der Waals surface area contributed by atoms with Gasteiger partial charge in [0.2, 0.25) is 11.8 Å². The highest BCUT2D eigenvalue weighted by Crippen LogP contribution is 2.36. The first-order valence-electron chi connectivity index (χ1n) is 8.10. The van der Waals surface area contributed by atoms with Gasteiger partial charge in [0, 0.05) is 6.54 Å². The Bertz CT molecular complexity index is 379. The van der Waals surface area contributed by atoms with Crippen molar-refractivity contribution >= 4 is 11.8 Å². The van der Waals surface area contributed by atoms with Gasteiger partial charge in [-0.15, -0.1) is 0 Å². The quantitative estimate of drug-likeness (QED) is 0.811. The smallest absolute Gasteiger partial charge is 0.246 e. The number of nitrogens with one attached hydrogen (secondary N) is 1. The topological polar surface area (TPSA) is 49.4 Å². The molecule has 20 heavy (non-hydrogen) atoms. The molecule has 114 valence electrons. The predicted octanol–water partition coefficient (Wildman–Crippen LogP) is 2.18. The largest absolute Gasteiger partial charge is 0.342 e. The lowest BCUT2D eigenvalue weighted by Gasteiger charge is -2.42. The number of hydrogen-bond acceptors (Lipinski definition) is 2. The Morgan fingerprint density at radius 3 is 2.35 bits per heavy atom. The fraction of sp³-hybridized carbons (Fsp3) is 0.875. The molecule has 0 aromatic heterocycles. The Hall–Kier alpha value is -1.06. The Kier molecular flexibility index (Phi) is 4.71. The van der Waals surface area contributed by atoms with E-state index in [1.54, 1.807) is 0 Å². The number of carbonyl (C=O) groups excluding carboxylic acids is 2. The van der Waals surface area contributed by atoms with E-state index in [2.05, 4.69) is 33.0 Å². The van der Waals surface area contributed by atoms with Crippen LogP contribution in [0.3, 0.4) is 0 Å². The van der Waals surface area contributed by atoms with Crippen molar-refractivity contribution in [1.29, 1.82) is 0 Å². The molecule has 1 saturated carbocycles. The first kappa shape index (κ1) is 15.3. The number of amides is 2. The van der Waals surface area contributed by atoms with Crippen LogP contribution in [0.2, 0.25) is 0 Å². The van der Waals surface area contributed by atoms with Crippen molar-refractivity contribution in [2.45, 2.75) is 65.5 Å². The second-order valence-corrected chi connectivity index (χ2v) is 6.66. The van der Waals surface area contributed by atoms with Gasteiger partial charge < -0.3 is 10.2 Å². The second kappa shape index (κ2) is 6.15. The van der Waals surface area contributed by atoms with E-state index in [1.165, 1.54) is 0 Å². The highest BCUT2D eigenvalue weighted by atomic mass is 16.2. The van der Waals surface area contributed by atoms with E-state index in [0.29, 0.717) is 18.4 Å². The Morgan fingerprint density at radius 1 is 1.20 bits per heavy atom. The van der Waals surface area contributed by atoms with Gasteiger partial charge in [-0.05, 0) is 30.6 Å². The molecule has 4 nitrogen and oxygen atoms in total. The van der Waals surface area contributed by atoms with Crippen LogP contribution >= 0.6 is 0 Å². The summed E-state index contributed by atoms with van der Waals surface area (Å²) in [5.74, 6) is 1.24. The average molecular weight is 280 g/mol. The molecule has 0 bridgehead atoms. The average Bonchev–Trinajstić information content (AvgIpc) is 3.26.